The second-order valence-electron chi connectivity index (χ2n) is 8.35. The summed E-state index contributed by atoms with van der Waals surface area (Å²) in [5.41, 5.74) is 1.50. The van der Waals surface area contributed by atoms with Crippen molar-refractivity contribution in [1.29, 1.82) is 0 Å². The average molecular weight is 459 g/mol. The molecule has 3 rings (SSSR count). The lowest BCUT2D eigenvalue weighted by molar-refractivity contribution is -0.141. The van der Waals surface area contributed by atoms with E-state index in [-0.39, 0.29) is 17.2 Å². The molecule has 33 heavy (non-hydrogen) atoms. The lowest BCUT2D eigenvalue weighted by Crippen LogP contribution is -2.46. The van der Waals surface area contributed by atoms with Crippen molar-refractivity contribution in [3.8, 4) is 0 Å². The molecule has 176 valence electrons. The molecule has 0 unspecified atom stereocenters. The molecule has 0 radical (unpaired) electrons. The van der Waals surface area contributed by atoms with Crippen LogP contribution >= 0.6 is 0 Å². The quantitative estimate of drug-likeness (QED) is 0.488. The largest absolute Gasteiger partial charge is 0.480 e. The maximum absolute atomic E-state index is 14.0. The number of carboxylic acids is 1. The van der Waals surface area contributed by atoms with Gasteiger partial charge >= 0.3 is 12.0 Å². The van der Waals surface area contributed by atoms with Crippen LogP contribution in [0.5, 0.6) is 0 Å². The molecule has 2 aromatic rings. The van der Waals surface area contributed by atoms with Gasteiger partial charge in [-0.3, -0.25) is 4.79 Å². The number of benzene rings is 2. The van der Waals surface area contributed by atoms with Gasteiger partial charge in [0, 0.05) is 11.8 Å². The fourth-order valence-electron chi connectivity index (χ4n) is 4.18. The minimum Gasteiger partial charge on any atom is -0.480 e. The summed E-state index contributed by atoms with van der Waals surface area (Å²) in [6.07, 6.45) is 4.03. The van der Waals surface area contributed by atoms with Crippen LogP contribution in [0.25, 0.3) is 0 Å². The highest BCUT2D eigenvalue weighted by Crippen LogP contribution is 2.28. The molecule has 1 fully saturated rings. The van der Waals surface area contributed by atoms with Gasteiger partial charge in [0.1, 0.15) is 6.04 Å². The number of carbonyl (C=O) groups is 3. The van der Waals surface area contributed by atoms with E-state index < -0.39 is 35.6 Å². The third kappa shape index (κ3) is 5.85. The Hall–Kier alpha value is -3.49. The zero-order valence-corrected chi connectivity index (χ0v) is 18.5. The molecule has 0 saturated heterocycles. The van der Waals surface area contributed by atoms with E-state index in [4.69, 9.17) is 0 Å². The van der Waals surface area contributed by atoms with E-state index in [1.165, 1.54) is 0 Å². The molecule has 2 aromatic carbocycles. The Morgan fingerprint density at radius 2 is 1.58 bits per heavy atom. The van der Waals surface area contributed by atoms with Gasteiger partial charge < -0.3 is 21.1 Å². The van der Waals surface area contributed by atoms with Gasteiger partial charge in [-0.05, 0) is 49.8 Å². The number of amides is 3. The lowest BCUT2D eigenvalue weighted by Gasteiger charge is -2.28. The van der Waals surface area contributed by atoms with Crippen molar-refractivity contribution in [2.24, 2.45) is 5.92 Å². The average Bonchev–Trinajstić information content (AvgIpc) is 2.77. The van der Waals surface area contributed by atoms with E-state index in [0.29, 0.717) is 30.7 Å². The number of hydrogen-bond acceptors (Lipinski definition) is 3. The number of anilines is 2. The van der Waals surface area contributed by atoms with Gasteiger partial charge in [0.2, 0.25) is 0 Å². The van der Waals surface area contributed by atoms with Gasteiger partial charge in [0.15, 0.2) is 11.6 Å². The number of nitrogens with one attached hydrogen (secondary N) is 3. The summed E-state index contributed by atoms with van der Waals surface area (Å²) >= 11 is 0. The molecular formula is C24H27F2N3O4. The van der Waals surface area contributed by atoms with Crippen molar-refractivity contribution in [1.82, 2.24) is 5.32 Å². The summed E-state index contributed by atoms with van der Waals surface area (Å²) in [4.78, 5) is 37.3. The van der Waals surface area contributed by atoms with Crippen LogP contribution < -0.4 is 16.0 Å². The SMILES string of the molecule is Cc1cccc(C)c1NC(=O)Nc1cc(F)c(F)cc1C(=O)N[C@H](C(=O)O)C1CCCCC1. The summed E-state index contributed by atoms with van der Waals surface area (Å²) in [5, 5.41) is 17.1. The highest BCUT2D eigenvalue weighted by Gasteiger charge is 2.32. The molecule has 0 bridgehead atoms. The van der Waals surface area contributed by atoms with Crippen LogP contribution in [-0.4, -0.2) is 29.1 Å². The highest BCUT2D eigenvalue weighted by molar-refractivity contribution is 6.07. The first-order chi connectivity index (χ1) is 15.7. The number of aryl methyl sites for hydroxylation is 2. The van der Waals surface area contributed by atoms with Crippen molar-refractivity contribution >= 4 is 29.3 Å². The van der Waals surface area contributed by atoms with Crippen LogP contribution in [0.15, 0.2) is 30.3 Å². The van der Waals surface area contributed by atoms with E-state index in [1.807, 2.05) is 6.07 Å². The minimum atomic E-state index is -1.29. The van der Waals surface area contributed by atoms with Crippen LogP contribution in [0.3, 0.4) is 0 Å². The van der Waals surface area contributed by atoms with Gasteiger partial charge in [0.05, 0.1) is 11.3 Å². The summed E-state index contributed by atoms with van der Waals surface area (Å²) in [5.74, 6) is -4.90. The predicted molar refractivity (Wildman–Crippen MR) is 120 cm³/mol. The van der Waals surface area contributed by atoms with Crippen LogP contribution in [0, 0.1) is 31.4 Å². The Kier molecular flexibility index (Phi) is 7.63. The second kappa shape index (κ2) is 10.4. The van der Waals surface area contributed by atoms with Crippen molar-refractivity contribution in [2.45, 2.75) is 52.0 Å². The molecule has 7 nitrogen and oxygen atoms in total. The van der Waals surface area contributed by atoms with Crippen LogP contribution in [-0.2, 0) is 4.79 Å². The Morgan fingerprint density at radius 3 is 2.18 bits per heavy atom. The lowest BCUT2D eigenvalue weighted by atomic mass is 9.84. The molecule has 1 saturated carbocycles. The van der Waals surface area contributed by atoms with Crippen LogP contribution in [0.1, 0.15) is 53.6 Å². The van der Waals surface area contributed by atoms with E-state index in [1.54, 1.807) is 26.0 Å². The van der Waals surface area contributed by atoms with Crippen molar-refractivity contribution in [3.63, 3.8) is 0 Å². The number of carbonyl (C=O) groups excluding carboxylic acids is 2. The number of hydrogen-bond donors (Lipinski definition) is 4. The second-order valence-corrected chi connectivity index (χ2v) is 8.35. The maximum Gasteiger partial charge on any atom is 0.326 e. The van der Waals surface area contributed by atoms with Gasteiger partial charge in [0.25, 0.3) is 5.91 Å². The number of rotatable bonds is 6. The molecule has 0 aromatic heterocycles. The number of urea groups is 1. The topological polar surface area (TPSA) is 108 Å². The van der Waals surface area contributed by atoms with Gasteiger partial charge in [-0.25, -0.2) is 18.4 Å². The fraction of sp³-hybridized carbons (Fsp3) is 0.375. The fourth-order valence-corrected chi connectivity index (χ4v) is 4.18. The molecule has 1 aliphatic carbocycles. The van der Waals surface area contributed by atoms with E-state index in [0.717, 1.165) is 30.4 Å². The molecule has 9 heteroatoms. The molecule has 0 spiro atoms. The van der Waals surface area contributed by atoms with Gasteiger partial charge in [-0.1, -0.05) is 37.5 Å². The van der Waals surface area contributed by atoms with E-state index >= 15 is 0 Å². The molecule has 3 amide bonds. The Bertz CT molecular complexity index is 1050. The third-order valence-corrected chi connectivity index (χ3v) is 5.95. The monoisotopic (exact) mass is 459 g/mol. The Labute approximate surface area is 190 Å². The third-order valence-electron chi connectivity index (χ3n) is 5.95. The van der Waals surface area contributed by atoms with Gasteiger partial charge in [-0.15, -0.1) is 0 Å². The summed E-state index contributed by atoms with van der Waals surface area (Å²) in [7, 11) is 0. The minimum absolute atomic E-state index is 0.255. The first-order valence-corrected chi connectivity index (χ1v) is 10.8. The predicted octanol–water partition coefficient (Wildman–Crippen LogP) is 4.99. The highest BCUT2D eigenvalue weighted by atomic mass is 19.2. The maximum atomic E-state index is 14.0. The molecule has 0 heterocycles. The summed E-state index contributed by atoms with van der Waals surface area (Å²) < 4.78 is 27.9. The molecule has 1 aliphatic rings. The van der Waals surface area contributed by atoms with Crippen molar-refractivity contribution in [3.05, 3.63) is 58.7 Å². The number of carboxylic acid groups (broad SMARTS) is 1. The van der Waals surface area contributed by atoms with E-state index in [9.17, 15) is 28.3 Å². The standard InChI is InChI=1S/C24H27F2N3O4/c1-13-7-6-8-14(2)20(13)29-24(33)27-19-12-18(26)17(25)11-16(19)22(30)28-21(23(31)32)15-9-4-3-5-10-15/h6-8,11-12,15,21H,3-5,9-10H2,1-2H3,(H,28,30)(H,31,32)(H2,27,29,33)/t21-/m0/s1. The first-order valence-electron chi connectivity index (χ1n) is 10.8. The van der Waals surface area contributed by atoms with E-state index in [2.05, 4.69) is 16.0 Å². The van der Waals surface area contributed by atoms with Crippen LogP contribution in [0.2, 0.25) is 0 Å². The number of aliphatic carboxylic acids is 1. The normalized spacial score (nSPS) is 14.9. The molecule has 0 aliphatic heterocycles. The summed E-state index contributed by atoms with van der Waals surface area (Å²) in [6.45, 7) is 3.60. The zero-order chi connectivity index (χ0) is 24.1. The molecule has 1 atom stereocenters. The Morgan fingerprint density at radius 1 is 0.970 bits per heavy atom. The number of halogens is 2. The molecule has 4 N–H and O–H groups in total. The Balaban J connectivity index is 1.83. The summed E-state index contributed by atoms with van der Waals surface area (Å²) in [6, 6.07) is 4.87. The van der Waals surface area contributed by atoms with Crippen molar-refractivity contribution in [2.75, 3.05) is 10.6 Å². The van der Waals surface area contributed by atoms with Crippen molar-refractivity contribution < 1.29 is 28.3 Å². The van der Waals surface area contributed by atoms with Gasteiger partial charge in [-0.2, -0.15) is 0 Å². The first kappa shape index (κ1) is 24.2. The smallest absolute Gasteiger partial charge is 0.326 e. The zero-order valence-electron chi connectivity index (χ0n) is 18.5. The number of para-hydroxylation sites is 1. The molecular weight excluding hydrogens is 432 g/mol. The van der Waals surface area contributed by atoms with Crippen LogP contribution in [0.4, 0.5) is 25.0 Å².